The number of nitrogens with one attached hydrogen (secondary N) is 1. The summed E-state index contributed by atoms with van der Waals surface area (Å²) in [5.74, 6) is 0. The lowest BCUT2D eigenvalue weighted by molar-refractivity contribution is 0.476. The largest absolute Gasteiger partial charge is 0.387 e. The van der Waals surface area contributed by atoms with Crippen LogP contribution in [0.5, 0.6) is 0 Å². The minimum atomic E-state index is -0.213. The lowest BCUT2D eigenvalue weighted by Crippen LogP contribution is -2.41. The first kappa shape index (κ1) is 21.7. The molecule has 1 N–H and O–H groups in total. The standard InChI is InChI=1S/C31H31NS/c1-24(32-21-19-28-16-10-22-33-28)31(20-9-13-25-11-3-2-4-12-25)29-17-7-5-14-26(29)23-27-15-6-8-18-30(27)31/h2-8,10-12,14-18,22,32H,1,9,13,19-21,23H2. The fraction of sp³-hybridized carbons (Fsp3) is 0.226. The van der Waals surface area contributed by atoms with Crippen LogP contribution in [-0.4, -0.2) is 6.54 Å². The van der Waals surface area contributed by atoms with Crippen LogP contribution in [0, 0.1) is 0 Å². The summed E-state index contributed by atoms with van der Waals surface area (Å²) in [5, 5.41) is 5.93. The number of rotatable bonds is 9. The minimum absolute atomic E-state index is 0.213. The van der Waals surface area contributed by atoms with E-state index in [0.29, 0.717) is 0 Å². The summed E-state index contributed by atoms with van der Waals surface area (Å²) >= 11 is 1.83. The third-order valence-corrected chi connectivity index (χ3v) is 7.94. The Hall–Kier alpha value is -3.10. The van der Waals surface area contributed by atoms with Crippen LogP contribution in [0.2, 0.25) is 0 Å². The molecule has 0 atom stereocenters. The van der Waals surface area contributed by atoms with Gasteiger partial charge in [-0.2, -0.15) is 0 Å². The van der Waals surface area contributed by atoms with Gasteiger partial charge in [-0.1, -0.05) is 91.5 Å². The van der Waals surface area contributed by atoms with Crippen molar-refractivity contribution in [2.24, 2.45) is 0 Å². The summed E-state index contributed by atoms with van der Waals surface area (Å²) in [6.45, 7) is 5.59. The summed E-state index contributed by atoms with van der Waals surface area (Å²) in [4.78, 5) is 1.41. The van der Waals surface area contributed by atoms with Gasteiger partial charge in [-0.15, -0.1) is 11.3 Å². The van der Waals surface area contributed by atoms with E-state index >= 15 is 0 Å². The van der Waals surface area contributed by atoms with Crippen LogP contribution < -0.4 is 5.32 Å². The van der Waals surface area contributed by atoms with Gasteiger partial charge >= 0.3 is 0 Å². The molecule has 5 rings (SSSR count). The molecular weight excluding hydrogens is 418 g/mol. The Bertz CT molecular complexity index is 1160. The molecule has 0 saturated carbocycles. The van der Waals surface area contributed by atoms with E-state index in [9.17, 15) is 0 Å². The Labute approximate surface area is 201 Å². The van der Waals surface area contributed by atoms with E-state index in [-0.39, 0.29) is 5.41 Å². The van der Waals surface area contributed by atoms with Crippen molar-refractivity contribution in [3.63, 3.8) is 0 Å². The maximum absolute atomic E-state index is 4.69. The van der Waals surface area contributed by atoms with Crippen LogP contribution in [0.4, 0.5) is 0 Å². The second-order valence-electron chi connectivity index (χ2n) is 8.97. The van der Waals surface area contributed by atoms with Gasteiger partial charge in [-0.05, 0) is 71.4 Å². The molecule has 0 aliphatic heterocycles. The van der Waals surface area contributed by atoms with Crippen molar-refractivity contribution in [3.8, 4) is 0 Å². The van der Waals surface area contributed by atoms with Gasteiger partial charge in [-0.25, -0.2) is 0 Å². The number of hydrogen-bond donors (Lipinski definition) is 1. The highest BCUT2D eigenvalue weighted by atomic mass is 32.1. The predicted octanol–water partition coefficient (Wildman–Crippen LogP) is 7.31. The summed E-state index contributed by atoms with van der Waals surface area (Å²) in [6, 6.07) is 33.2. The molecule has 0 unspecified atom stereocenters. The van der Waals surface area contributed by atoms with Gasteiger partial charge in [0.15, 0.2) is 0 Å². The molecule has 3 aromatic carbocycles. The average Bonchev–Trinajstić information content (AvgIpc) is 3.38. The topological polar surface area (TPSA) is 12.0 Å². The average molecular weight is 450 g/mol. The third kappa shape index (κ3) is 4.41. The van der Waals surface area contributed by atoms with Crippen molar-refractivity contribution in [2.75, 3.05) is 6.54 Å². The molecule has 1 nitrogen and oxygen atoms in total. The molecule has 33 heavy (non-hydrogen) atoms. The fourth-order valence-electron chi connectivity index (χ4n) is 5.42. The first-order chi connectivity index (χ1) is 16.3. The van der Waals surface area contributed by atoms with E-state index in [0.717, 1.165) is 44.3 Å². The molecule has 0 saturated heterocycles. The molecule has 1 aliphatic carbocycles. The second kappa shape index (κ2) is 9.80. The third-order valence-electron chi connectivity index (χ3n) is 7.00. The van der Waals surface area contributed by atoms with Crippen LogP contribution >= 0.6 is 11.3 Å². The van der Waals surface area contributed by atoms with Crippen LogP contribution in [-0.2, 0) is 24.7 Å². The first-order valence-electron chi connectivity index (χ1n) is 11.9. The maximum atomic E-state index is 4.69. The summed E-state index contributed by atoms with van der Waals surface area (Å²) in [5.41, 5.74) is 8.02. The van der Waals surface area contributed by atoms with Gasteiger partial charge < -0.3 is 5.32 Å². The Kier molecular flexibility index (Phi) is 6.46. The molecule has 0 spiro atoms. The number of allylic oxidation sites excluding steroid dienone is 1. The highest BCUT2D eigenvalue weighted by Crippen LogP contribution is 2.48. The van der Waals surface area contributed by atoms with E-state index in [2.05, 4.69) is 108 Å². The van der Waals surface area contributed by atoms with E-state index in [1.165, 1.54) is 32.7 Å². The number of fused-ring (bicyclic) bond motifs is 2. The zero-order chi connectivity index (χ0) is 22.5. The lowest BCUT2D eigenvalue weighted by atomic mass is 9.62. The van der Waals surface area contributed by atoms with Crippen LogP contribution in [0.3, 0.4) is 0 Å². The Morgan fingerprint density at radius 2 is 1.45 bits per heavy atom. The number of benzene rings is 3. The van der Waals surface area contributed by atoms with Crippen molar-refractivity contribution in [1.29, 1.82) is 0 Å². The zero-order valence-corrected chi connectivity index (χ0v) is 19.9. The van der Waals surface area contributed by atoms with E-state index in [4.69, 9.17) is 0 Å². The molecule has 1 heterocycles. The molecule has 4 aromatic rings. The lowest BCUT2D eigenvalue weighted by Gasteiger charge is -2.43. The van der Waals surface area contributed by atoms with Crippen molar-refractivity contribution >= 4 is 11.3 Å². The van der Waals surface area contributed by atoms with Gasteiger partial charge in [0.2, 0.25) is 0 Å². The normalized spacial score (nSPS) is 13.7. The summed E-state index contributed by atoms with van der Waals surface area (Å²) in [7, 11) is 0. The van der Waals surface area contributed by atoms with Crippen molar-refractivity contribution in [2.45, 2.75) is 37.5 Å². The van der Waals surface area contributed by atoms with Crippen LogP contribution in [0.25, 0.3) is 0 Å². The monoisotopic (exact) mass is 449 g/mol. The highest BCUT2D eigenvalue weighted by molar-refractivity contribution is 7.09. The molecule has 1 aromatic heterocycles. The quantitative estimate of drug-likeness (QED) is 0.282. The van der Waals surface area contributed by atoms with E-state index in [1.54, 1.807) is 0 Å². The van der Waals surface area contributed by atoms with Gasteiger partial charge in [0.1, 0.15) is 0 Å². The van der Waals surface area contributed by atoms with Crippen LogP contribution in [0.1, 0.15) is 45.5 Å². The van der Waals surface area contributed by atoms with E-state index < -0.39 is 0 Å². The molecule has 0 amide bonds. The van der Waals surface area contributed by atoms with Gasteiger partial charge in [0.25, 0.3) is 0 Å². The highest BCUT2D eigenvalue weighted by Gasteiger charge is 2.42. The second-order valence-corrected chi connectivity index (χ2v) is 10.0. The molecule has 1 aliphatic rings. The Morgan fingerprint density at radius 3 is 2.12 bits per heavy atom. The van der Waals surface area contributed by atoms with Crippen LogP contribution in [0.15, 0.2) is 109 Å². The maximum Gasteiger partial charge on any atom is 0.0597 e. The van der Waals surface area contributed by atoms with Gasteiger partial charge in [0.05, 0.1) is 5.41 Å². The molecule has 2 heteroatoms. The molecule has 0 radical (unpaired) electrons. The van der Waals surface area contributed by atoms with Gasteiger partial charge in [-0.3, -0.25) is 0 Å². The van der Waals surface area contributed by atoms with Crippen molar-refractivity contribution in [3.05, 3.63) is 141 Å². The smallest absolute Gasteiger partial charge is 0.0597 e. The number of hydrogen-bond acceptors (Lipinski definition) is 2. The van der Waals surface area contributed by atoms with E-state index in [1.807, 2.05) is 11.3 Å². The zero-order valence-electron chi connectivity index (χ0n) is 19.1. The van der Waals surface area contributed by atoms with Crippen molar-refractivity contribution < 1.29 is 0 Å². The molecular formula is C31H31NS. The van der Waals surface area contributed by atoms with Crippen molar-refractivity contribution in [1.82, 2.24) is 5.32 Å². The van der Waals surface area contributed by atoms with Gasteiger partial charge in [0, 0.05) is 17.1 Å². The molecule has 166 valence electrons. The fourth-order valence-corrected chi connectivity index (χ4v) is 6.13. The number of thiophene rings is 1. The Balaban J connectivity index is 1.49. The molecule has 0 bridgehead atoms. The number of aryl methyl sites for hydroxylation is 1. The first-order valence-corrected chi connectivity index (χ1v) is 12.8. The summed E-state index contributed by atoms with van der Waals surface area (Å²) in [6.07, 6.45) is 5.25. The molecule has 0 fully saturated rings. The summed E-state index contributed by atoms with van der Waals surface area (Å²) < 4.78 is 0. The Morgan fingerprint density at radius 1 is 0.788 bits per heavy atom. The predicted molar refractivity (Wildman–Crippen MR) is 141 cm³/mol. The SMILES string of the molecule is C=C(NCCc1cccs1)C1(CCCc2ccccc2)c2ccccc2Cc2ccccc21. The minimum Gasteiger partial charge on any atom is -0.387 e.